The van der Waals surface area contributed by atoms with E-state index in [4.69, 9.17) is 16.6 Å². The fourth-order valence-corrected chi connectivity index (χ4v) is 9.10. The Hall–Kier alpha value is -3.94. The number of anilines is 1. The summed E-state index contributed by atoms with van der Waals surface area (Å²) in [7, 11) is 1.99. The molecule has 4 fully saturated rings. The number of unbranched alkanes of at least 4 members (excludes halogenated alkanes) is 1. The fraction of sp³-hybridized carbons (Fsp3) is 0.600. The third-order valence-electron chi connectivity index (χ3n) is 12.3. The summed E-state index contributed by atoms with van der Waals surface area (Å²) >= 11 is 6.58. The maximum atomic E-state index is 15.4. The molecule has 3 amide bonds. The van der Waals surface area contributed by atoms with E-state index in [1.165, 1.54) is 29.5 Å². The third-order valence-corrected chi connectivity index (χ3v) is 12.6. The van der Waals surface area contributed by atoms with Crippen LogP contribution in [-0.2, 0) is 29.6 Å². The highest BCUT2D eigenvalue weighted by Crippen LogP contribution is 2.38. The number of imide groups is 1. The normalized spacial score (nSPS) is 23.9. The molecule has 288 valence electrons. The van der Waals surface area contributed by atoms with E-state index in [9.17, 15) is 14.4 Å². The van der Waals surface area contributed by atoms with Gasteiger partial charge < -0.3 is 20.4 Å². The van der Waals surface area contributed by atoms with E-state index in [1.807, 2.05) is 24.0 Å². The molecule has 2 saturated heterocycles. The molecule has 12 nitrogen and oxygen atoms in total. The molecule has 14 heteroatoms. The van der Waals surface area contributed by atoms with Crippen LogP contribution in [-0.4, -0.2) is 91.6 Å². The standard InChI is InChI=1S/C40H51ClFN9O3/c1-49-35(18-24-4-5-24)31(21-45-49)37-32(41)22-44-40(48-37)46-28-8-6-27(7-9-28)43-14-2-3-15-50-16-12-25(13-17-50)29-19-26-23-51(39(54)30(26)20-33(29)42)34-10-11-36(52)47-38(34)53/h19-22,24-25,27-28,34,43H,2-18,23H2,1H3,(H,44,46,48)(H,47,52,53)/t27-,28-,34?. The van der Waals surface area contributed by atoms with Crippen molar-refractivity contribution in [3.63, 3.8) is 0 Å². The summed E-state index contributed by atoms with van der Waals surface area (Å²) < 4.78 is 17.3. The van der Waals surface area contributed by atoms with Gasteiger partial charge in [-0.2, -0.15) is 5.10 Å². The van der Waals surface area contributed by atoms with Crippen molar-refractivity contribution in [2.24, 2.45) is 13.0 Å². The molecule has 2 aliphatic carbocycles. The van der Waals surface area contributed by atoms with E-state index in [1.54, 1.807) is 6.20 Å². The molecule has 5 aliphatic rings. The van der Waals surface area contributed by atoms with E-state index in [-0.39, 0.29) is 36.5 Å². The first-order chi connectivity index (χ1) is 26.2. The number of benzene rings is 1. The highest BCUT2D eigenvalue weighted by molar-refractivity contribution is 6.33. The lowest BCUT2D eigenvalue weighted by molar-refractivity contribution is -0.136. The monoisotopic (exact) mass is 759 g/mol. The lowest BCUT2D eigenvalue weighted by Crippen LogP contribution is -2.52. The molecule has 2 saturated carbocycles. The van der Waals surface area contributed by atoms with Crippen LogP contribution in [0.3, 0.4) is 0 Å². The zero-order valence-corrected chi connectivity index (χ0v) is 31.8. The average molecular weight is 760 g/mol. The molecule has 0 radical (unpaired) electrons. The van der Waals surface area contributed by atoms with Crippen LogP contribution in [0.5, 0.6) is 0 Å². The molecule has 8 rings (SSSR count). The number of nitrogens with one attached hydrogen (secondary N) is 3. The fourth-order valence-electron chi connectivity index (χ4n) is 8.90. The summed E-state index contributed by atoms with van der Waals surface area (Å²) in [4.78, 5) is 50.4. The van der Waals surface area contributed by atoms with Crippen molar-refractivity contribution in [3.8, 4) is 11.3 Å². The second kappa shape index (κ2) is 16.0. The maximum Gasteiger partial charge on any atom is 0.255 e. The van der Waals surface area contributed by atoms with Crippen molar-refractivity contribution >= 4 is 35.3 Å². The number of hydrogen-bond acceptors (Lipinski definition) is 9. The van der Waals surface area contributed by atoms with Gasteiger partial charge >= 0.3 is 0 Å². The predicted molar refractivity (Wildman–Crippen MR) is 203 cm³/mol. The minimum atomic E-state index is -0.695. The third kappa shape index (κ3) is 8.18. The van der Waals surface area contributed by atoms with E-state index in [0.29, 0.717) is 40.6 Å². The van der Waals surface area contributed by atoms with Gasteiger partial charge in [0.05, 0.1) is 23.1 Å². The summed E-state index contributed by atoms with van der Waals surface area (Å²) in [6.45, 7) is 4.17. The zero-order chi connectivity index (χ0) is 37.3. The number of amides is 3. The first kappa shape index (κ1) is 37.0. The Kier molecular flexibility index (Phi) is 11.0. The van der Waals surface area contributed by atoms with Crippen LogP contribution in [0.15, 0.2) is 24.5 Å². The number of fused-ring (bicyclic) bond motifs is 1. The molecule has 5 heterocycles. The van der Waals surface area contributed by atoms with Crippen LogP contribution in [0, 0.1) is 11.7 Å². The lowest BCUT2D eigenvalue weighted by atomic mass is 9.87. The molecule has 3 aliphatic heterocycles. The minimum absolute atomic E-state index is 0.108. The number of likely N-dealkylation sites (tertiary alicyclic amines) is 1. The molecule has 0 spiro atoms. The van der Waals surface area contributed by atoms with Gasteiger partial charge in [-0.05, 0) is 132 Å². The first-order valence-corrected chi connectivity index (χ1v) is 20.3. The Morgan fingerprint density at radius 1 is 0.944 bits per heavy atom. The molecule has 0 bridgehead atoms. The number of nitrogens with zero attached hydrogens (tertiary/aromatic N) is 6. The van der Waals surface area contributed by atoms with Crippen molar-refractivity contribution in [2.75, 3.05) is 31.5 Å². The molecule has 54 heavy (non-hydrogen) atoms. The molecular weight excluding hydrogens is 709 g/mol. The number of rotatable bonds is 13. The Morgan fingerprint density at radius 2 is 1.72 bits per heavy atom. The zero-order valence-electron chi connectivity index (χ0n) is 31.1. The van der Waals surface area contributed by atoms with Crippen LogP contribution in [0.25, 0.3) is 11.3 Å². The highest BCUT2D eigenvalue weighted by atomic mass is 35.5. The maximum absolute atomic E-state index is 15.4. The number of aryl methyl sites for hydroxylation is 1. The van der Waals surface area contributed by atoms with E-state index in [2.05, 4.69) is 30.9 Å². The van der Waals surface area contributed by atoms with Gasteiger partial charge in [0, 0.05) is 48.9 Å². The van der Waals surface area contributed by atoms with Crippen LogP contribution >= 0.6 is 11.6 Å². The van der Waals surface area contributed by atoms with Gasteiger partial charge in [-0.15, -0.1) is 0 Å². The van der Waals surface area contributed by atoms with Crippen LogP contribution in [0.2, 0.25) is 5.02 Å². The quantitative estimate of drug-likeness (QED) is 0.156. The van der Waals surface area contributed by atoms with Crippen LogP contribution in [0.4, 0.5) is 10.3 Å². The van der Waals surface area contributed by atoms with Gasteiger partial charge in [0.15, 0.2) is 0 Å². The number of piperidine rings is 2. The Balaban J connectivity index is 0.734. The molecule has 1 unspecified atom stereocenters. The van der Waals surface area contributed by atoms with Gasteiger partial charge in [0.25, 0.3) is 5.91 Å². The average Bonchev–Trinajstić information content (AvgIpc) is 3.85. The topological polar surface area (TPSA) is 137 Å². The van der Waals surface area contributed by atoms with Crippen molar-refractivity contribution < 1.29 is 18.8 Å². The van der Waals surface area contributed by atoms with Crippen LogP contribution < -0.4 is 16.0 Å². The van der Waals surface area contributed by atoms with Crippen LogP contribution in [0.1, 0.15) is 110 Å². The summed E-state index contributed by atoms with van der Waals surface area (Å²) in [5.74, 6) is 0.0243. The van der Waals surface area contributed by atoms with Gasteiger partial charge in [0.1, 0.15) is 11.9 Å². The van der Waals surface area contributed by atoms with Gasteiger partial charge in [-0.25, -0.2) is 14.4 Å². The summed E-state index contributed by atoms with van der Waals surface area (Å²) in [5, 5.41) is 14.7. The van der Waals surface area contributed by atoms with Gasteiger partial charge in [-0.1, -0.05) is 17.7 Å². The van der Waals surface area contributed by atoms with Crippen molar-refractivity contribution in [2.45, 2.75) is 114 Å². The number of carbonyl (C=O) groups excluding carboxylic acids is 3. The van der Waals surface area contributed by atoms with Crippen molar-refractivity contribution in [1.29, 1.82) is 0 Å². The van der Waals surface area contributed by atoms with E-state index >= 15 is 4.39 Å². The number of carbonyl (C=O) groups is 3. The number of aromatic nitrogens is 4. The number of hydrogen-bond donors (Lipinski definition) is 3. The molecule has 2 aromatic heterocycles. The predicted octanol–water partition coefficient (Wildman–Crippen LogP) is 5.36. The van der Waals surface area contributed by atoms with Gasteiger partial charge in [0.2, 0.25) is 17.8 Å². The molecule has 1 atom stereocenters. The molecular formula is C40H51ClFN9O3. The first-order valence-electron chi connectivity index (χ1n) is 19.9. The summed E-state index contributed by atoms with van der Waals surface area (Å²) in [5.41, 5.74) is 4.72. The van der Waals surface area contributed by atoms with Crippen molar-refractivity contribution in [1.82, 2.24) is 40.2 Å². The Bertz CT molecular complexity index is 1880. The molecule has 3 aromatic rings. The highest BCUT2D eigenvalue weighted by Gasteiger charge is 2.40. The minimum Gasteiger partial charge on any atom is -0.351 e. The smallest absolute Gasteiger partial charge is 0.255 e. The second-order valence-corrected chi connectivity index (χ2v) is 16.5. The molecule has 1 aromatic carbocycles. The largest absolute Gasteiger partial charge is 0.351 e. The lowest BCUT2D eigenvalue weighted by Gasteiger charge is -2.32. The number of halogens is 2. The summed E-state index contributed by atoms with van der Waals surface area (Å²) in [6.07, 6.45) is 16.0. The SMILES string of the molecule is Cn1ncc(-c2nc(N[C@H]3CC[C@H](NCCCCN4CCC(c5cc6c(cc5F)C(=O)N(C5CCC(=O)NC5=O)C6)CC4)CC3)ncc2Cl)c1CC1CC1. The Morgan fingerprint density at radius 3 is 2.48 bits per heavy atom. The van der Waals surface area contributed by atoms with E-state index in [0.717, 1.165) is 107 Å². The van der Waals surface area contributed by atoms with Crippen molar-refractivity contribution in [3.05, 3.63) is 57.8 Å². The van der Waals surface area contributed by atoms with Gasteiger partial charge in [-0.3, -0.25) is 24.4 Å². The van der Waals surface area contributed by atoms with E-state index < -0.39 is 11.9 Å². The molecule has 3 N–H and O–H groups in total. The summed E-state index contributed by atoms with van der Waals surface area (Å²) in [6, 6.07) is 3.37. The Labute approximate surface area is 321 Å². The second-order valence-electron chi connectivity index (χ2n) is 16.1.